The molecule has 0 N–H and O–H groups in total. The molecule has 37 heavy (non-hydrogen) atoms. The largest absolute Gasteiger partial charge is 0.309 e. The summed E-state index contributed by atoms with van der Waals surface area (Å²) in [6.07, 6.45) is 0. The van der Waals surface area contributed by atoms with Crippen molar-refractivity contribution in [2.45, 2.75) is 0 Å². The Labute approximate surface area is 211 Å². The average Bonchev–Trinajstić information content (AvgIpc) is 3.59. The van der Waals surface area contributed by atoms with Gasteiger partial charge in [0, 0.05) is 16.5 Å². The predicted octanol–water partition coefficient (Wildman–Crippen LogP) is 7.40. The molecule has 172 valence electrons. The molecule has 0 unspecified atom stereocenters. The highest BCUT2D eigenvalue weighted by atomic mass is 15.2. The average molecular weight is 474 g/mol. The van der Waals surface area contributed by atoms with Crippen LogP contribution in [-0.4, -0.2) is 18.5 Å². The molecule has 0 aliphatic rings. The number of benzene rings is 5. The molecule has 0 atom stereocenters. The van der Waals surface area contributed by atoms with Gasteiger partial charge >= 0.3 is 0 Å². The number of nitrogens with zero attached hydrogens (tertiary/aromatic N) is 5. The number of aromatic nitrogens is 4. The summed E-state index contributed by atoms with van der Waals surface area (Å²) in [5.41, 5.74) is 8.78. The van der Waals surface area contributed by atoms with Gasteiger partial charge in [-0.25, -0.2) is 4.98 Å². The quantitative estimate of drug-likeness (QED) is 0.263. The van der Waals surface area contributed by atoms with E-state index in [1.807, 2.05) is 36.4 Å². The first-order valence-corrected chi connectivity index (χ1v) is 12.2. The van der Waals surface area contributed by atoms with Gasteiger partial charge in [0.1, 0.15) is 0 Å². The van der Waals surface area contributed by atoms with Crippen LogP contribution in [-0.2, 0) is 0 Å². The Kier molecular flexibility index (Phi) is 3.94. The maximum atomic E-state index is 10.1. The molecule has 8 aromatic rings. The lowest BCUT2D eigenvalue weighted by Gasteiger charge is -2.12. The monoisotopic (exact) mass is 473 g/mol. The Morgan fingerprint density at radius 1 is 0.541 bits per heavy atom. The SMILES string of the molecule is N#Cc1cc(-n2c3ccccc3c3ccccc32)cc(-n2c3ccccc3n3c4ccccc4nc23)c1. The number of para-hydroxylation sites is 6. The second-order valence-electron chi connectivity index (χ2n) is 9.28. The van der Waals surface area contributed by atoms with Gasteiger partial charge in [0.05, 0.1) is 50.4 Å². The van der Waals surface area contributed by atoms with Gasteiger partial charge < -0.3 is 4.57 Å². The van der Waals surface area contributed by atoms with Crippen molar-refractivity contribution in [2.24, 2.45) is 0 Å². The molecule has 0 spiro atoms. The van der Waals surface area contributed by atoms with Crippen LogP contribution in [0.1, 0.15) is 5.56 Å². The number of imidazole rings is 2. The maximum Gasteiger partial charge on any atom is 0.220 e. The zero-order valence-electron chi connectivity index (χ0n) is 19.7. The molecule has 0 aliphatic heterocycles. The lowest BCUT2D eigenvalue weighted by molar-refractivity contribution is 1.09. The summed E-state index contributed by atoms with van der Waals surface area (Å²) < 4.78 is 6.61. The van der Waals surface area contributed by atoms with Gasteiger partial charge in [0.15, 0.2) is 0 Å². The van der Waals surface area contributed by atoms with E-state index in [-0.39, 0.29) is 0 Å². The van der Waals surface area contributed by atoms with E-state index in [0.29, 0.717) is 5.56 Å². The molecule has 3 heterocycles. The molecule has 0 saturated carbocycles. The topological polar surface area (TPSA) is 51.0 Å². The second-order valence-corrected chi connectivity index (χ2v) is 9.28. The van der Waals surface area contributed by atoms with Gasteiger partial charge in [0.2, 0.25) is 5.78 Å². The van der Waals surface area contributed by atoms with Crippen LogP contribution in [0.15, 0.2) is 115 Å². The van der Waals surface area contributed by atoms with Crippen LogP contribution in [0, 0.1) is 11.3 Å². The maximum absolute atomic E-state index is 10.1. The van der Waals surface area contributed by atoms with Crippen molar-refractivity contribution in [3.05, 3.63) is 121 Å². The first-order valence-electron chi connectivity index (χ1n) is 12.2. The van der Waals surface area contributed by atoms with Crippen LogP contribution in [0.4, 0.5) is 0 Å². The number of hydrogen-bond acceptors (Lipinski definition) is 2. The van der Waals surface area contributed by atoms with E-state index in [2.05, 4.69) is 98.5 Å². The molecule has 8 rings (SSSR count). The Balaban J connectivity index is 1.50. The van der Waals surface area contributed by atoms with Crippen molar-refractivity contribution in [1.29, 1.82) is 5.26 Å². The van der Waals surface area contributed by atoms with E-state index in [4.69, 9.17) is 4.98 Å². The van der Waals surface area contributed by atoms with Crippen LogP contribution >= 0.6 is 0 Å². The Morgan fingerprint density at radius 2 is 1.08 bits per heavy atom. The molecule has 0 saturated heterocycles. The smallest absolute Gasteiger partial charge is 0.220 e. The predicted molar refractivity (Wildman–Crippen MR) is 149 cm³/mol. The summed E-state index contributed by atoms with van der Waals surface area (Å²) in [5, 5.41) is 12.4. The fraction of sp³-hybridized carbons (Fsp3) is 0. The highest BCUT2D eigenvalue weighted by Gasteiger charge is 2.19. The van der Waals surface area contributed by atoms with E-state index < -0.39 is 0 Å². The molecular weight excluding hydrogens is 454 g/mol. The summed E-state index contributed by atoms with van der Waals surface area (Å²) in [7, 11) is 0. The third kappa shape index (κ3) is 2.70. The molecule has 0 amide bonds. The van der Waals surface area contributed by atoms with Crippen molar-refractivity contribution >= 4 is 49.7 Å². The summed E-state index contributed by atoms with van der Waals surface area (Å²) >= 11 is 0. The molecular formula is C32H19N5. The van der Waals surface area contributed by atoms with Crippen LogP contribution < -0.4 is 0 Å². The fourth-order valence-corrected chi connectivity index (χ4v) is 5.72. The number of rotatable bonds is 2. The molecule has 0 bridgehead atoms. The molecule has 5 nitrogen and oxygen atoms in total. The molecule has 0 radical (unpaired) electrons. The second kappa shape index (κ2) is 7.33. The van der Waals surface area contributed by atoms with Gasteiger partial charge in [0.25, 0.3) is 0 Å². The zero-order chi connectivity index (χ0) is 24.5. The normalized spacial score (nSPS) is 11.8. The van der Waals surface area contributed by atoms with Gasteiger partial charge in [-0.3, -0.25) is 8.97 Å². The van der Waals surface area contributed by atoms with Crippen molar-refractivity contribution in [2.75, 3.05) is 0 Å². The van der Waals surface area contributed by atoms with E-state index in [1.54, 1.807) is 0 Å². The molecule has 0 aliphatic carbocycles. The number of nitriles is 1. The van der Waals surface area contributed by atoms with E-state index in [0.717, 1.165) is 50.3 Å². The summed E-state index contributed by atoms with van der Waals surface area (Å²) in [6.45, 7) is 0. The first-order chi connectivity index (χ1) is 18.3. The van der Waals surface area contributed by atoms with Crippen molar-refractivity contribution < 1.29 is 0 Å². The summed E-state index contributed by atoms with van der Waals surface area (Å²) in [5.74, 6) is 0.825. The first kappa shape index (κ1) is 19.9. The lowest BCUT2D eigenvalue weighted by atomic mass is 10.1. The minimum absolute atomic E-state index is 0.599. The van der Waals surface area contributed by atoms with Gasteiger partial charge in [-0.05, 0) is 54.6 Å². The lowest BCUT2D eigenvalue weighted by Crippen LogP contribution is -2.00. The van der Waals surface area contributed by atoms with Crippen LogP contribution in [0.25, 0.3) is 61.0 Å². The fourth-order valence-electron chi connectivity index (χ4n) is 5.72. The van der Waals surface area contributed by atoms with Gasteiger partial charge in [-0.1, -0.05) is 60.7 Å². The van der Waals surface area contributed by atoms with Crippen molar-refractivity contribution in [3.8, 4) is 17.4 Å². The third-order valence-electron chi connectivity index (χ3n) is 7.23. The zero-order valence-corrected chi connectivity index (χ0v) is 19.7. The van der Waals surface area contributed by atoms with Gasteiger partial charge in [-0.15, -0.1) is 0 Å². The van der Waals surface area contributed by atoms with Crippen LogP contribution in [0.5, 0.6) is 0 Å². The summed E-state index contributed by atoms with van der Waals surface area (Å²) in [6, 6.07) is 41.8. The molecule has 5 heteroatoms. The van der Waals surface area contributed by atoms with E-state index in [1.165, 1.54) is 10.8 Å². The van der Waals surface area contributed by atoms with Crippen molar-refractivity contribution in [1.82, 2.24) is 18.5 Å². The minimum Gasteiger partial charge on any atom is -0.309 e. The van der Waals surface area contributed by atoms with Crippen molar-refractivity contribution in [3.63, 3.8) is 0 Å². The van der Waals surface area contributed by atoms with Crippen LogP contribution in [0.3, 0.4) is 0 Å². The highest BCUT2D eigenvalue weighted by molar-refractivity contribution is 6.09. The van der Waals surface area contributed by atoms with Gasteiger partial charge in [-0.2, -0.15) is 5.26 Å². The molecule has 0 fully saturated rings. The van der Waals surface area contributed by atoms with Crippen LogP contribution in [0.2, 0.25) is 0 Å². The third-order valence-corrected chi connectivity index (χ3v) is 7.23. The minimum atomic E-state index is 0.599. The van der Waals surface area contributed by atoms with E-state index in [9.17, 15) is 5.26 Å². The Bertz CT molecular complexity index is 2160. The molecule has 5 aromatic carbocycles. The number of hydrogen-bond donors (Lipinski definition) is 0. The summed E-state index contributed by atoms with van der Waals surface area (Å²) in [4.78, 5) is 5.01. The number of fused-ring (bicyclic) bond motifs is 8. The highest BCUT2D eigenvalue weighted by Crippen LogP contribution is 2.34. The molecule has 3 aromatic heterocycles. The van der Waals surface area contributed by atoms with E-state index >= 15 is 0 Å². The Hall–Kier alpha value is -5.34. The standard InChI is InChI=1S/C32H19N5/c33-20-21-17-22(35-27-12-4-1-9-24(27)25-10-2-5-13-28(25)35)19-23(18-21)36-30-15-7-8-16-31(30)37-29-14-6-3-11-26(29)34-32(36)37/h1-19H. The Morgan fingerprint density at radius 3 is 1.76 bits per heavy atom.